The van der Waals surface area contributed by atoms with Crippen LogP contribution in [0.5, 0.6) is 0 Å². The van der Waals surface area contributed by atoms with Crippen molar-refractivity contribution in [3.8, 4) is 0 Å². The highest BCUT2D eigenvalue weighted by molar-refractivity contribution is 5.33. The molecule has 5 aliphatic carbocycles. The Morgan fingerprint density at radius 2 is 1.47 bits per heavy atom. The van der Waals surface area contributed by atoms with E-state index in [0.29, 0.717) is 33.2 Å². The first-order chi connectivity index (χ1) is 14.7. The van der Waals surface area contributed by atoms with Crippen LogP contribution in [-0.2, 0) is 4.74 Å². The van der Waals surface area contributed by atoms with Gasteiger partial charge in [-0.3, -0.25) is 0 Å². The fourth-order valence-corrected chi connectivity index (χ4v) is 10.9. The van der Waals surface area contributed by atoms with Crippen LogP contribution in [0, 0.1) is 50.2 Å². The summed E-state index contributed by atoms with van der Waals surface area (Å²) in [6.45, 7) is 20.9. The van der Waals surface area contributed by atoms with E-state index in [0.717, 1.165) is 17.8 Å². The molecule has 5 aliphatic rings. The van der Waals surface area contributed by atoms with Gasteiger partial charge in [-0.15, -0.1) is 0 Å². The van der Waals surface area contributed by atoms with Gasteiger partial charge < -0.3 is 4.74 Å². The lowest BCUT2D eigenvalue weighted by atomic mass is 9.34. The van der Waals surface area contributed by atoms with E-state index in [9.17, 15) is 0 Å². The molecule has 0 amide bonds. The zero-order chi connectivity index (χ0) is 23.4. The van der Waals surface area contributed by atoms with Gasteiger partial charge in [0.15, 0.2) is 0 Å². The fraction of sp³-hybridized carbons (Fsp3) is 0.935. The Bertz CT molecular complexity index is 805. The van der Waals surface area contributed by atoms with Crippen LogP contribution < -0.4 is 0 Å². The molecule has 1 heteroatoms. The Kier molecular flexibility index (Phi) is 5.05. The third-order valence-electron chi connectivity index (χ3n) is 13.3. The summed E-state index contributed by atoms with van der Waals surface area (Å²) in [4.78, 5) is 0. The normalized spacial score (nSPS) is 53.8. The van der Waals surface area contributed by atoms with Crippen molar-refractivity contribution in [1.29, 1.82) is 0 Å². The van der Waals surface area contributed by atoms with Gasteiger partial charge in [0.1, 0.15) is 0 Å². The van der Waals surface area contributed by atoms with Crippen molar-refractivity contribution in [2.75, 3.05) is 7.11 Å². The molecule has 0 heterocycles. The number of hydrogen-bond donors (Lipinski definition) is 0. The summed E-state index contributed by atoms with van der Waals surface area (Å²) in [5, 5.41) is 0. The van der Waals surface area contributed by atoms with Gasteiger partial charge in [-0.2, -0.15) is 0 Å². The maximum absolute atomic E-state index is 6.03. The van der Waals surface area contributed by atoms with Crippen LogP contribution in [0.15, 0.2) is 11.6 Å². The molecule has 0 aromatic rings. The molecule has 0 aromatic heterocycles. The average Bonchev–Trinajstić information content (AvgIpc) is 2.71. The number of methoxy groups -OCH3 is 1. The Hall–Kier alpha value is -0.300. The van der Waals surface area contributed by atoms with Crippen LogP contribution in [0.4, 0.5) is 0 Å². The minimum absolute atomic E-state index is 0.268. The number of ether oxygens (including phenoxy) is 1. The first-order valence-corrected chi connectivity index (χ1v) is 14.0. The Labute approximate surface area is 199 Å². The number of hydrogen-bond acceptors (Lipinski definition) is 1. The van der Waals surface area contributed by atoms with Gasteiger partial charge in [-0.05, 0) is 114 Å². The predicted octanol–water partition coefficient (Wildman–Crippen LogP) is 8.82. The van der Waals surface area contributed by atoms with Crippen LogP contribution in [0.25, 0.3) is 0 Å². The molecule has 0 unspecified atom stereocenters. The highest BCUT2D eigenvalue weighted by Crippen LogP contribution is 2.75. The Balaban J connectivity index is 1.55. The van der Waals surface area contributed by atoms with Crippen molar-refractivity contribution in [3.05, 3.63) is 11.6 Å². The van der Waals surface area contributed by atoms with Gasteiger partial charge in [-0.25, -0.2) is 0 Å². The third-order valence-corrected chi connectivity index (χ3v) is 13.3. The lowest BCUT2D eigenvalue weighted by Gasteiger charge is -2.71. The maximum atomic E-state index is 6.03. The molecule has 0 N–H and O–H groups in total. The molecule has 32 heavy (non-hydrogen) atoms. The number of fused-ring (bicyclic) bond motifs is 7. The molecular formula is C31H52O. The molecule has 0 aliphatic heterocycles. The van der Waals surface area contributed by atoms with Crippen LogP contribution in [-0.4, -0.2) is 13.2 Å². The van der Waals surface area contributed by atoms with E-state index in [1.807, 2.05) is 12.7 Å². The quantitative estimate of drug-likeness (QED) is 0.370. The second-order valence-electron chi connectivity index (χ2n) is 15.5. The molecule has 5 rings (SSSR count). The lowest BCUT2D eigenvalue weighted by molar-refractivity contribution is -0.180. The summed E-state index contributed by atoms with van der Waals surface area (Å²) in [5.41, 5.74) is 4.55. The Morgan fingerprint density at radius 3 is 2.16 bits per heavy atom. The molecule has 1 nitrogen and oxygen atoms in total. The minimum atomic E-state index is 0.268. The largest absolute Gasteiger partial charge is 0.381 e. The van der Waals surface area contributed by atoms with Crippen LogP contribution in [0.1, 0.15) is 120 Å². The zero-order valence-corrected chi connectivity index (χ0v) is 22.9. The smallest absolute Gasteiger partial charge is 0.0625 e. The molecule has 0 aromatic carbocycles. The van der Waals surface area contributed by atoms with Crippen LogP contribution in [0.3, 0.4) is 0 Å². The van der Waals surface area contributed by atoms with Crippen molar-refractivity contribution >= 4 is 0 Å². The van der Waals surface area contributed by atoms with Crippen LogP contribution >= 0.6 is 0 Å². The molecule has 4 saturated carbocycles. The molecular weight excluding hydrogens is 388 g/mol. The number of allylic oxidation sites excluding steroid dienone is 2. The molecule has 0 spiro atoms. The van der Waals surface area contributed by atoms with E-state index in [1.165, 1.54) is 64.2 Å². The van der Waals surface area contributed by atoms with E-state index in [4.69, 9.17) is 4.74 Å². The molecule has 0 bridgehead atoms. The zero-order valence-electron chi connectivity index (χ0n) is 22.9. The third kappa shape index (κ3) is 2.85. The molecule has 0 saturated heterocycles. The van der Waals surface area contributed by atoms with E-state index in [1.54, 1.807) is 0 Å². The second kappa shape index (κ2) is 6.89. The summed E-state index contributed by atoms with van der Waals surface area (Å²) in [6.07, 6.45) is 17.1. The van der Waals surface area contributed by atoms with Gasteiger partial charge >= 0.3 is 0 Å². The van der Waals surface area contributed by atoms with Gasteiger partial charge in [-0.1, -0.05) is 67.0 Å². The monoisotopic (exact) mass is 440 g/mol. The maximum Gasteiger partial charge on any atom is 0.0625 e. The minimum Gasteiger partial charge on any atom is -0.381 e. The van der Waals surface area contributed by atoms with Crippen molar-refractivity contribution in [3.63, 3.8) is 0 Å². The lowest BCUT2D eigenvalue weighted by Crippen LogP contribution is -2.63. The van der Waals surface area contributed by atoms with Crippen molar-refractivity contribution in [2.45, 2.75) is 126 Å². The summed E-state index contributed by atoms with van der Waals surface area (Å²) in [7, 11) is 1.94. The topological polar surface area (TPSA) is 9.23 Å². The van der Waals surface area contributed by atoms with E-state index < -0.39 is 0 Å². The van der Waals surface area contributed by atoms with Gasteiger partial charge in [0.2, 0.25) is 0 Å². The van der Waals surface area contributed by atoms with Crippen molar-refractivity contribution in [2.24, 2.45) is 50.2 Å². The highest BCUT2D eigenvalue weighted by Gasteiger charge is 2.67. The Morgan fingerprint density at radius 1 is 0.781 bits per heavy atom. The van der Waals surface area contributed by atoms with Crippen LogP contribution in [0.2, 0.25) is 0 Å². The fourth-order valence-electron chi connectivity index (χ4n) is 10.9. The molecule has 4 fully saturated rings. The number of rotatable bonds is 1. The summed E-state index contributed by atoms with van der Waals surface area (Å²) >= 11 is 0. The first-order valence-electron chi connectivity index (χ1n) is 14.0. The summed E-state index contributed by atoms with van der Waals surface area (Å²) in [6, 6.07) is 0. The van der Waals surface area contributed by atoms with Gasteiger partial charge in [0.25, 0.3) is 0 Å². The summed E-state index contributed by atoms with van der Waals surface area (Å²) in [5.74, 6) is 2.42. The first kappa shape index (κ1) is 23.4. The van der Waals surface area contributed by atoms with Crippen molar-refractivity contribution < 1.29 is 4.74 Å². The average molecular weight is 441 g/mol. The van der Waals surface area contributed by atoms with E-state index in [-0.39, 0.29) is 5.41 Å². The standard InChI is InChI=1S/C31H52O/c1-26(2)16-17-28(5)18-19-30(7)22-10-11-23-27(3,4)25(32-9)13-14-29(23,6)21(22)12-15-31(30,8)24(28)20-26/h10,21,23-25H,11-20H2,1-9H3/t21-,23-,24+,25-,28+,29+,30+,31-/m0/s1. The predicted molar refractivity (Wildman–Crippen MR) is 136 cm³/mol. The molecule has 182 valence electrons. The summed E-state index contributed by atoms with van der Waals surface area (Å²) < 4.78 is 6.03. The second-order valence-corrected chi connectivity index (χ2v) is 15.5. The molecule has 0 radical (unpaired) electrons. The SMILES string of the molecule is CO[C@H]1CC[C@]2(C)[C@H]3CC[C@@]4(C)[C@@H]5CC(C)(C)CC[C@]5(C)CC[C@]4(C)C3=CC[C@H]2C1(C)C. The van der Waals surface area contributed by atoms with Gasteiger partial charge in [0, 0.05) is 7.11 Å². The highest BCUT2D eigenvalue weighted by atomic mass is 16.5. The van der Waals surface area contributed by atoms with Crippen molar-refractivity contribution in [1.82, 2.24) is 0 Å². The van der Waals surface area contributed by atoms with E-state index in [2.05, 4.69) is 61.5 Å². The van der Waals surface area contributed by atoms with Gasteiger partial charge in [0.05, 0.1) is 6.10 Å². The van der Waals surface area contributed by atoms with E-state index >= 15 is 0 Å². The molecule has 8 atom stereocenters.